The predicted octanol–water partition coefficient (Wildman–Crippen LogP) is 3.15. The van der Waals surface area contributed by atoms with Gasteiger partial charge in [0.05, 0.1) is 0 Å². The predicted molar refractivity (Wildman–Crippen MR) is 51.1 cm³/mol. The normalized spacial score (nSPS) is 9.18. The summed E-state index contributed by atoms with van der Waals surface area (Å²) in [5.41, 5.74) is 3.16. The van der Waals surface area contributed by atoms with Gasteiger partial charge in [0.25, 0.3) is 0 Å². The lowest BCUT2D eigenvalue weighted by atomic mass is 10.0. The van der Waals surface area contributed by atoms with Crippen LogP contribution in [0.5, 0.6) is 0 Å². The van der Waals surface area contributed by atoms with Crippen molar-refractivity contribution in [3.63, 3.8) is 0 Å². The summed E-state index contributed by atoms with van der Waals surface area (Å²) in [7, 11) is 0. The molecule has 1 aromatic carbocycles. The van der Waals surface area contributed by atoms with Crippen molar-refractivity contribution in [1.29, 1.82) is 0 Å². The lowest BCUT2D eigenvalue weighted by Crippen LogP contribution is -1.83. The van der Waals surface area contributed by atoms with Gasteiger partial charge >= 0.3 is 0 Å². The van der Waals surface area contributed by atoms with Gasteiger partial charge in [0.1, 0.15) is 0 Å². The average Bonchev–Trinajstić information content (AvgIpc) is 2.04. The molecule has 0 amide bonds. The lowest BCUT2D eigenvalue weighted by molar-refractivity contribution is 1.54. The highest BCUT2D eigenvalue weighted by molar-refractivity contribution is 5.66. The van der Waals surface area contributed by atoms with E-state index in [0.717, 1.165) is 16.7 Å². The van der Waals surface area contributed by atoms with Crippen LogP contribution in [0, 0.1) is 6.92 Å². The van der Waals surface area contributed by atoms with Gasteiger partial charge in [-0.15, -0.1) is 0 Å². The molecule has 0 unspecified atom stereocenters. The van der Waals surface area contributed by atoms with Crippen LogP contribution in [0.1, 0.15) is 16.7 Å². The fourth-order valence-electron chi connectivity index (χ4n) is 1.06. The minimum atomic E-state index is 0.998. The second-order valence-corrected chi connectivity index (χ2v) is 2.33. The molecule has 55 valence electrons. The van der Waals surface area contributed by atoms with Gasteiger partial charge in [0.15, 0.2) is 0 Å². The summed E-state index contributed by atoms with van der Waals surface area (Å²) >= 11 is 0. The summed E-state index contributed by atoms with van der Waals surface area (Å²) in [6, 6.07) is 5.93. The van der Waals surface area contributed by atoms with Crippen molar-refractivity contribution >= 4 is 12.2 Å². The van der Waals surface area contributed by atoms with Crippen LogP contribution >= 0.6 is 0 Å². The molecule has 0 heterocycles. The van der Waals surface area contributed by atoms with Crippen LogP contribution in [0.25, 0.3) is 12.2 Å². The number of rotatable bonds is 2. The molecule has 0 saturated carbocycles. The van der Waals surface area contributed by atoms with Gasteiger partial charge in [-0.3, -0.25) is 0 Å². The van der Waals surface area contributed by atoms with Crippen molar-refractivity contribution in [3.05, 3.63) is 55.0 Å². The molecule has 0 saturated heterocycles. The summed E-state index contributed by atoms with van der Waals surface area (Å²) < 4.78 is 0. The molecule has 1 rings (SSSR count). The van der Waals surface area contributed by atoms with Gasteiger partial charge in [-0.05, 0) is 23.6 Å². The quantitative estimate of drug-likeness (QED) is 0.596. The van der Waals surface area contributed by atoms with Crippen LogP contribution < -0.4 is 0 Å². The summed E-state index contributed by atoms with van der Waals surface area (Å²) in [5, 5.41) is 0. The molecule has 0 aliphatic rings. The van der Waals surface area contributed by atoms with Gasteiger partial charge in [0.2, 0.25) is 0 Å². The van der Waals surface area contributed by atoms with Gasteiger partial charge in [-0.25, -0.2) is 0 Å². The molecule has 0 fully saturated rings. The molecule has 0 nitrogen and oxygen atoms in total. The van der Waals surface area contributed by atoms with Crippen LogP contribution in [0.3, 0.4) is 0 Å². The monoisotopic (exact) mass is 143 g/mol. The Kier molecular flexibility index (Phi) is 2.27. The largest absolute Gasteiger partial charge is 0.0984 e. The van der Waals surface area contributed by atoms with Crippen LogP contribution in [-0.4, -0.2) is 0 Å². The maximum Gasteiger partial charge on any atom is -0.0158 e. The lowest BCUT2D eigenvalue weighted by Gasteiger charge is -2.02. The van der Waals surface area contributed by atoms with Crippen molar-refractivity contribution in [2.75, 3.05) is 0 Å². The van der Waals surface area contributed by atoms with Crippen molar-refractivity contribution in [2.24, 2.45) is 0 Å². The molecule has 0 bridgehead atoms. The highest BCUT2D eigenvalue weighted by atomic mass is 14.0. The molecule has 0 atom stereocenters. The van der Waals surface area contributed by atoms with Gasteiger partial charge in [0, 0.05) is 0 Å². The maximum absolute atomic E-state index is 3.88. The summed E-state index contributed by atoms with van der Waals surface area (Å²) in [4.78, 5) is 0. The Bertz CT molecular complexity index is 282. The fourth-order valence-corrected chi connectivity index (χ4v) is 1.06. The zero-order valence-corrected chi connectivity index (χ0v) is 6.51. The molecule has 0 N–H and O–H groups in total. The summed E-state index contributed by atoms with van der Waals surface area (Å²) in [5.74, 6) is 0. The van der Waals surface area contributed by atoms with Crippen molar-refractivity contribution in [1.82, 2.24) is 0 Å². The Morgan fingerprint density at radius 2 is 1.82 bits per heavy atom. The van der Waals surface area contributed by atoms with E-state index in [-0.39, 0.29) is 0 Å². The molecule has 1 radical (unpaired) electrons. The first-order valence-electron chi connectivity index (χ1n) is 3.49. The van der Waals surface area contributed by atoms with E-state index in [2.05, 4.69) is 20.1 Å². The van der Waals surface area contributed by atoms with E-state index in [1.54, 1.807) is 6.08 Å². The first-order valence-corrected chi connectivity index (χ1v) is 3.49. The summed E-state index contributed by atoms with van der Waals surface area (Å²) in [6.07, 6.45) is 3.62. The Balaban J connectivity index is 3.35. The third kappa shape index (κ3) is 1.40. The standard InChI is InChI=1S/C11H11/c1-4-10-8-6-7-9(3)11(10)5-2/h4-8H,1-3H2. The Labute approximate surface area is 67.9 Å². The maximum atomic E-state index is 3.88. The van der Waals surface area contributed by atoms with Crippen LogP contribution in [-0.2, 0) is 0 Å². The third-order valence-corrected chi connectivity index (χ3v) is 1.65. The number of benzene rings is 1. The first-order chi connectivity index (χ1) is 5.29. The van der Waals surface area contributed by atoms with E-state index in [0.29, 0.717) is 0 Å². The highest BCUT2D eigenvalue weighted by Crippen LogP contribution is 2.15. The van der Waals surface area contributed by atoms with E-state index in [9.17, 15) is 0 Å². The second kappa shape index (κ2) is 3.20. The van der Waals surface area contributed by atoms with Crippen molar-refractivity contribution < 1.29 is 0 Å². The molecule has 0 spiro atoms. The van der Waals surface area contributed by atoms with Crippen molar-refractivity contribution in [3.8, 4) is 0 Å². The highest BCUT2D eigenvalue weighted by Gasteiger charge is 1.96. The smallest absolute Gasteiger partial charge is 0.0158 e. The minimum Gasteiger partial charge on any atom is -0.0984 e. The molecule has 0 heteroatoms. The van der Waals surface area contributed by atoms with E-state index in [4.69, 9.17) is 0 Å². The van der Waals surface area contributed by atoms with Crippen LogP contribution in [0.4, 0.5) is 0 Å². The topological polar surface area (TPSA) is 0 Å². The average molecular weight is 143 g/mol. The molecule has 0 aliphatic heterocycles. The Morgan fingerprint density at radius 1 is 1.09 bits per heavy atom. The second-order valence-electron chi connectivity index (χ2n) is 2.33. The summed E-state index contributed by atoms with van der Waals surface area (Å²) in [6.45, 7) is 11.3. The van der Waals surface area contributed by atoms with Gasteiger partial charge in [-0.2, -0.15) is 0 Å². The zero-order valence-electron chi connectivity index (χ0n) is 6.51. The Hall–Kier alpha value is -1.30. The number of hydrogen-bond donors (Lipinski definition) is 0. The third-order valence-electron chi connectivity index (χ3n) is 1.65. The van der Waals surface area contributed by atoms with E-state index >= 15 is 0 Å². The van der Waals surface area contributed by atoms with E-state index in [1.165, 1.54) is 0 Å². The van der Waals surface area contributed by atoms with Gasteiger partial charge < -0.3 is 0 Å². The van der Waals surface area contributed by atoms with E-state index < -0.39 is 0 Å². The molecular formula is C11H11. The molecule has 0 aliphatic carbocycles. The SMILES string of the molecule is [CH2]c1cccc(C=C)c1C=C. The molecule has 0 aromatic heterocycles. The van der Waals surface area contributed by atoms with Crippen LogP contribution in [0.15, 0.2) is 31.4 Å². The Morgan fingerprint density at radius 3 is 2.27 bits per heavy atom. The molecular weight excluding hydrogens is 132 g/mol. The van der Waals surface area contributed by atoms with Crippen LogP contribution in [0.2, 0.25) is 0 Å². The molecule has 11 heavy (non-hydrogen) atoms. The minimum absolute atomic E-state index is 0.998. The van der Waals surface area contributed by atoms with E-state index in [1.807, 2.05) is 24.3 Å². The van der Waals surface area contributed by atoms with Crippen molar-refractivity contribution in [2.45, 2.75) is 0 Å². The molecule has 1 aromatic rings. The first kappa shape index (κ1) is 7.80. The zero-order chi connectivity index (χ0) is 8.27. The van der Waals surface area contributed by atoms with Gasteiger partial charge in [-0.1, -0.05) is 43.5 Å². The fraction of sp³-hybridized carbons (Fsp3) is 0. The number of hydrogen-bond acceptors (Lipinski definition) is 0.